The Morgan fingerprint density at radius 2 is 1.76 bits per heavy atom. The van der Waals surface area contributed by atoms with Crippen molar-refractivity contribution in [1.82, 2.24) is 5.32 Å². The normalized spacial score (nSPS) is 13.5. The Bertz CT molecular complexity index is 601. The standard InChI is InChI=1S/C17H19BrN2O/c1-12(14-9-5-6-10-15(14)18)20-17(21)16(19)11-13-7-3-2-4-8-13/h2-10,12,16H,11,19H2,1H3,(H,20,21)/t12-,16+/m1/s1. The lowest BCUT2D eigenvalue weighted by Gasteiger charge is -2.19. The maximum Gasteiger partial charge on any atom is 0.237 e. The molecule has 21 heavy (non-hydrogen) atoms. The molecule has 0 aliphatic heterocycles. The highest BCUT2D eigenvalue weighted by Gasteiger charge is 2.18. The average Bonchev–Trinajstić information content (AvgIpc) is 2.48. The van der Waals surface area contributed by atoms with E-state index in [1.54, 1.807) is 0 Å². The largest absolute Gasteiger partial charge is 0.348 e. The van der Waals surface area contributed by atoms with E-state index in [0.29, 0.717) is 6.42 Å². The fourth-order valence-electron chi connectivity index (χ4n) is 2.19. The number of rotatable bonds is 5. The van der Waals surface area contributed by atoms with Crippen LogP contribution in [0.5, 0.6) is 0 Å². The van der Waals surface area contributed by atoms with Gasteiger partial charge in [-0.25, -0.2) is 0 Å². The number of amides is 1. The summed E-state index contributed by atoms with van der Waals surface area (Å²) < 4.78 is 0.981. The quantitative estimate of drug-likeness (QED) is 0.873. The van der Waals surface area contributed by atoms with E-state index in [9.17, 15) is 4.79 Å². The Morgan fingerprint density at radius 1 is 1.14 bits per heavy atom. The third-order valence-electron chi connectivity index (χ3n) is 3.37. The number of carbonyl (C=O) groups is 1. The van der Waals surface area contributed by atoms with Crippen LogP contribution in [-0.4, -0.2) is 11.9 Å². The van der Waals surface area contributed by atoms with Crippen molar-refractivity contribution >= 4 is 21.8 Å². The summed E-state index contributed by atoms with van der Waals surface area (Å²) in [5.74, 6) is -0.137. The van der Waals surface area contributed by atoms with Crippen LogP contribution >= 0.6 is 15.9 Å². The maximum atomic E-state index is 12.2. The van der Waals surface area contributed by atoms with Gasteiger partial charge in [-0.2, -0.15) is 0 Å². The van der Waals surface area contributed by atoms with E-state index in [1.807, 2.05) is 61.5 Å². The van der Waals surface area contributed by atoms with E-state index in [1.165, 1.54) is 0 Å². The first-order valence-corrected chi connectivity index (χ1v) is 7.71. The molecule has 3 nitrogen and oxygen atoms in total. The van der Waals surface area contributed by atoms with Crippen molar-refractivity contribution in [2.75, 3.05) is 0 Å². The molecule has 2 rings (SSSR count). The summed E-state index contributed by atoms with van der Waals surface area (Å²) in [4.78, 5) is 12.2. The predicted octanol–water partition coefficient (Wildman–Crippen LogP) is 3.20. The smallest absolute Gasteiger partial charge is 0.237 e. The lowest BCUT2D eigenvalue weighted by molar-refractivity contribution is -0.123. The maximum absolute atomic E-state index is 12.2. The zero-order valence-corrected chi connectivity index (χ0v) is 13.5. The first-order valence-electron chi connectivity index (χ1n) is 6.92. The van der Waals surface area contributed by atoms with Gasteiger partial charge in [0.2, 0.25) is 5.91 Å². The van der Waals surface area contributed by atoms with Crippen LogP contribution in [0, 0.1) is 0 Å². The van der Waals surface area contributed by atoms with Crippen LogP contribution in [0.25, 0.3) is 0 Å². The number of hydrogen-bond donors (Lipinski definition) is 2. The molecule has 0 aromatic heterocycles. The van der Waals surface area contributed by atoms with Crippen LogP contribution in [0.15, 0.2) is 59.1 Å². The molecule has 0 aliphatic carbocycles. The molecule has 0 saturated carbocycles. The molecule has 1 amide bonds. The van der Waals surface area contributed by atoms with E-state index < -0.39 is 6.04 Å². The Hall–Kier alpha value is -1.65. The number of halogens is 1. The number of benzene rings is 2. The highest BCUT2D eigenvalue weighted by Crippen LogP contribution is 2.22. The summed E-state index contributed by atoms with van der Waals surface area (Å²) in [6, 6.07) is 17.0. The molecule has 3 N–H and O–H groups in total. The fraction of sp³-hybridized carbons (Fsp3) is 0.235. The van der Waals surface area contributed by atoms with Crippen molar-refractivity contribution in [1.29, 1.82) is 0 Å². The highest BCUT2D eigenvalue weighted by atomic mass is 79.9. The Labute approximate surface area is 133 Å². The van der Waals surface area contributed by atoms with Crippen LogP contribution in [0.2, 0.25) is 0 Å². The SMILES string of the molecule is C[C@@H](NC(=O)[C@@H](N)Cc1ccccc1)c1ccccc1Br. The van der Waals surface area contributed by atoms with Gasteiger partial charge in [0.1, 0.15) is 0 Å². The van der Waals surface area contributed by atoms with Crippen LogP contribution in [0.4, 0.5) is 0 Å². The molecule has 110 valence electrons. The fourth-order valence-corrected chi connectivity index (χ4v) is 2.81. The van der Waals surface area contributed by atoms with Crippen molar-refractivity contribution in [3.63, 3.8) is 0 Å². The van der Waals surface area contributed by atoms with Crippen LogP contribution in [0.1, 0.15) is 24.1 Å². The lowest BCUT2D eigenvalue weighted by atomic mass is 10.0. The monoisotopic (exact) mass is 346 g/mol. The van der Waals surface area contributed by atoms with Crippen molar-refractivity contribution in [3.05, 3.63) is 70.2 Å². The lowest BCUT2D eigenvalue weighted by Crippen LogP contribution is -2.43. The minimum Gasteiger partial charge on any atom is -0.348 e. The second-order valence-corrected chi connectivity index (χ2v) is 5.90. The van der Waals surface area contributed by atoms with Gasteiger partial charge in [-0.05, 0) is 30.5 Å². The topological polar surface area (TPSA) is 55.1 Å². The van der Waals surface area contributed by atoms with E-state index in [0.717, 1.165) is 15.6 Å². The van der Waals surface area contributed by atoms with Gasteiger partial charge in [-0.3, -0.25) is 4.79 Å². The predicted molar refractivity (Wildman–Crippen MR) is 88.8 cm³/mol. The molecular formula is C17H19BrN2O. The molecule has 2 atom stereocenters. The third-order valence-corrected chi connectivity index (χ3v) is 4.09. The van der Waals surface area contributed by atoms with Crippen LogP contribution < -0.4 is 11.1 Å². The first kappa shape index (κ1) is 15.7. The second kappa shape index (κ2) is 7.38. The number of nitrogens with two attached hydrogens (primary N) is 1. The molecule has 0 radical (unpaired) electrons. The van der Waals surface area contributed by atoms with Crippen molar-refractivity contribution in [2.45, 2.75) is 25.4 Å². The van der Waals surface area contributed by atoms with E-state index in [4.69, 9.17) is 5.73 Å². The molecule has 0 bridgehead atoms. The molecule has 0 fully saturated rings. The average molecular weight is 347 g/mol. The molecular weight excluding hydrogens is 328 g/mol. The highest BCUT2D eigenvalue weighted by molar-refractivity contribution is 9.10. The Balaban J connectivity index is 1.96. The van der Waals surface area contributed by atoms with Gasteiger partial charge in [0.15, 0.2) is 0 Å². The molecule has 4 heteroatoms. The molecule has 2 aromatic rings. The van der Waals surface area contributed by atoms with Gasteiger partial charge in [0, 0.05) is 4.47 Å². The Kier molecular flexibility index (Phi) is 5.53. The number of nitrogens with one attached hydrogen (secondary N) is 1. The van der Waals surface area contributed by atoms with Gasteiger partial charge in [-0.15, -0.1) is 0 Å². The van der Waals surface area contributed by atoms with Gasteiger partial charge in [0.05, 0.1) is 12.1 Å². The van der Waals surface area contributed by atoms with E-state index >= 15 is 0 Å². The summed E-state index contributed by atoms with van der Waals surface area (Å²) >= 11 is 3.50. The minimum atomic E-state index is -0.544. The van der Waals surface area contributed by atoms with Gasteiger partial charge >= 0.3 is 0 Å². The first-order chi connectivity index (χ1) is 10.1. The van der Waals surface area contributed by atoms with Crippen LogP contribution in [-0.2, 0) is 11.2 Å². The molecule has 0 heterocycles. The number of hydrogen-bond acceptors (Lipinski definition) is 2. The molecule has 0 unspecified atom stereocenters. The molecule has 0 aliphatic rings. The summed E-state index contributed by atoms with van der Waals surface area (Å²) in [7, 11) is 0. The third kappa shape index (κ3) is 4.41. The summed E-state index contributed by atoms with van der Waals surface area (Å²) in [6.07, 6.45) is 0.537. The zero-order valence-electron chi connectivity index (χ0n) is 11.9. The summed E-state index contributed by atoms with van der Waals surface area (Å²) in [5, 5.41) is 2.96. The van der Waals surface area contributed by atoms with Gasteiger partial charge < -0.3 is 11.1 Å². The summed E-state index contributed by atoms with van der Waals surface area (Å²) in [5.41, 5.74) is 8.09. The Morgan fingerprint density at radius 3 is 2.43 bits per heavy atom. The summed E-state index contributed by atoms with van der Waals surface area (Å²) in [6.45, 7) is 1.95. The zero-order chi connectivity index (χ0) is 15.2. The van der Waals surface area contributed by atoms with Crippen molar-refractivity contribution in [2.24, 2.45) is 5.73 Å². The van der Waals surface area contributed by atoms with Crippen molar-refractivity contribution < 1.29 is 4.79 Å². The molecule has 0 spiro atoms. The minimum absolute atomic E-state index is 0.0881. The van der Waals surface area contributed by atoms with Gasteiger partial charge in [-0.1, -0.05) is 64.5 Å². The van der Waals surface area contributed by atoms with Crippen LogP contribution in [0.3, 0.4) is 0 Å². The van der Waals surface area contributed by atoms with E-state index in [-0.39, 0.29) is 11.9 Å². The molecule has 2 aromatic carbocycles. The number of carbonyl (C=O) groups excluding carboxylic acids is 1. The molecule has 0 saturated heterocycles. The second-order valence-electron chi connectivity index (χ2n) is 5.05. The van der Waals surface area contributed by atoms with Gasteiger partial charge in [0.25, 0.3) is 0 Å². The van der Waals surface area contributed by atoms with Crippen molar-refractivity contribution in [3.8, 4) is 0 Å². The van der Waals surface area contributed by atoms with E-state index in [2.05, 4.69) is 21.2 Å².